The van der Waals surface area contributed by atoms with Gasteiger partial charge in [-0.2, -0.15) is 4.39 Å². The maximum Gasteiger partial charge on any atom is 0.257 e. The minimum absolute atomic E-state index is 0.0111. The number of morpholine rings is 1. The Balaban J connectivity index is 1.53. The Labute approximate surface area is 193 Å². The second-order valence-electron chi connectivity index (χ2n) is 8.29. The Morgan fingerprint density at radius 2 is 2.03 bits per heavy atom. The van der Waals surface area contributed by atoms with Crippen molar-refractivity contribution >= 4 is 22.7 Å². The topological polar surface area (TPSA) is 122 Å². The summed E-state index contributed by atoms with van der Waals surface area (Å²) in [5, 5.41) is 14.4. The molecule has 0 aliphatic carbocycles. The molecule has 3 heterocycles. The van der Waals surface area contributed by atoms with Crippen LogP contribution in [0.3, 0.4) is 0 Å². The third-order valence-corrected chi connectivity index (χ3v) is 5.99. The van der Waals surface area contributed by atoms with Crippen LogP contribution < -0.4 is 20.8 Å². The maximum atomic E-state index is 14.2. The van der Waals surface area contributed by atoms with Crippen molar-refractivity contribution < 1.29 is 33.0 Å². The molecular formula is C22H26F2N4O6. The molecule has 34 heavy (non-hydrogen) atoms. The molecule has 0 spiro atoms. The summed E-state index contributed by atoms with van der Waals surface area (Å²) in [4.78, 5) is 40.5. The number of rotatable bonds is 7. The van der Waals surface area contributed by atoms with E-state index < -0.39 is 41.5 Å². The van der Waals surface area contributed by atoms with Gasteiger partial charge in [0.1, 0.15) is 18.2 Å². The van der Waals surface area contributed by atoms with E-state index in [9.17, 15) is 28.3 Å². The quantitative estimate of drug-likeness (QED) is 0.501. The van der Waals surface area contributed by atoms with Crippen molar-refractivity contribution in [2.24, 2.45) is 0 Å². The molecule has 2 aromatic rings. The van der Waals surface area contributed by atoms with E-state index in [1.54, 1.807) is 6.92 Å². The van der Waals surface area contributed by atoms with Crippen LogP contribution in [0.4, 0.5) is 8.78 Å². The number of aliphatic hydroxyl groups is 1. The van der Waals surface area contributed by atoms with E-state index >= 15 is 0 Å². The van der Waals surface area contributed by atoms with Crippen LogP contribution >= 0.6 is 0 Å². The van der Waals surface area contributed by atoms with Crippen LogP contribution in [-0.4, -0.2) is 85.0 Å². The molecule has 1 aromatic carbocycles. The molecule has 0 bridgehead atoms. The fourth-order valence-corrected chi connectivity index (χ4v) is 4.07. The summed E-state index contributed by atoms with van der Waals surface area (Å²) in [6.45, 7) is 4.68. The van der Waals surface area contributed by atoms with Crippen molar-refractivity contribution in [3.05, 3.63) is 39.7 Å². The number of amides is 2. The van der Waals surface area contributed by atoms with Crippen LogP contribution in [0.15, 0.2) is 17.1 Å². The zero-order valence-electron chi connectivity index (χ0n) is 18.6. The molecule has 1 saturated heterocycles. The molecule has 2 atom stereocenters. The predicted octanol–water partition coefficient (Wildman–Crippen LogP) is -0.228. The lowest BCUT2D eigenvalue weighted by atomic mass is 10.1. The standard InChI is InChI=1S/C22H26F2N4O6/c1-12-11-34-20-17(24)15(23)8-13-18(20)28(12)9-14(19(13)30)21(31)26-16(10-29)22(32)25-2-3-27-4-6-33-7-5-27/h8-9,12,16,29H,2-7,10-11H2,1H3,(H,25,32)(H,26,31)/t12?,16-/m0/s1. The fourth-order valence-electron chi connectivity index (χ4n) is 4.07. The Bertz CT molecular complexity index is 1160. The van der Waals surface area contributed by atoms with Crippen LogP contribution in [0.25, 0.3) is 10.9 Å². The molecule has 12 heteroatoms. The molecule has 1 fully saturated rings. The summed E-state index contributed by atoms with van der Waals surface area (Å²) in [6.07, 6.45) is 1.23. The zero-order valence-corrected chi connectivity index (χ0v) is 18.6. The fraction of sp³-hybridized carbons (Fsp3) is 0.500. The van der Waals surface area contributed by atoms with Crippen LogP contribution in [0, 0.1) is 11.6 Å². The van der Waals surface area contributed by atoms with Gasteiger partial charge in [0.2, 0.25) is 17.2 Å². The minimum atomic E-state index is -1.30. The number of benzene rings is 1. The third kappa shape index (κ3) is 4.61. The molecule has 184 valence electrons. The average molecular weight is 480 g/mol. The molecule has 10 nitrogen and oxygen atoms in total. The zero-order chi connectivity index (χ0) is 24.4. The summed E-state index contributed by atoms with van der Waals surface area (Å²) in [5.41, 5.74) is -1.15. The monoisotopic (exact) mass is 480 g/mol. The molecule has 0 saturated carbocycles. The van der Waals surface area contributed by atoms with Crippen LogP contribution in [0.1, 0.15) is 23.3 Å². The van der Waals surface area contributed by atoms with Crippen molar-refractivity contribution in [3.8, 4) is 5.75 Å². The lowest BCUT2D eigenvalue weighted by molar-refractivity contribution is -0.123. The van der Waals surface area contributed by atoms with E-state index in [1.165, 1.54) is 10.8 Å². The number of halogens is 2. The smallest absolute Gasteiger partial charge is 0.257 e. The summed E-state index contributed by atoms with van der Waals surface area (Å²) in [6, 6.07) is -0.938. The first kappa shape index (κ1) is 24.0. The van der Waals surface area contributed by atoms with E-state index in [4.69, 9.17) is 9.47 Å². The van der Waals surface area contributed by atoms with Gasteiger partial charge in [-0.25, -0.2) is 4.39 Å². The average Bonchev–Trinajstić information content (AvgIpc) is 2.83. The number of hydrogen-bond acceptors (Lipinski definition) is 7. The van der Waals surface area contributed by atoms with Crippen molar-refractivity contribution in [2.45, 2.75) is 19.0 Å². The molecule has 1 unspecified atom stereocenters. The summed E-state index contributed by atoms with van der Waals surface area (Å²) in [5.74, 6) is -4.39. The number of aliphatic hydroxyl groups excluding tert-OH is 1. The van der Waals surface area contributed by atoms with Crippen molar-refractivity contribution in [1.29, 1.82) is 0 Å². The Morgan fingerprint density at radius 1 is 1.29 bits per heavy atom. The van der Waals surface area contributed by atoms with E-state index in [-0.39, 0.29) is 34.9 Å². The molecular weight excluding hydrogens is 454 g/mol. The van der Waals surface area contributed by atoms with Crippen LogP contribution in [0.2, 0.25) is 0 Å². The van der Waals surface area contributed by atoms with Gasteiger partial charge >= 0.3 is 0 Å². The van der Waals surface area contributed by atoms with E-state index in [1.807, 2.05) is 0 Å². The normalized spacial score (nSPS) is 18.9. The summed E-state index contributed by atoms with van der Waals surface area (Å²) >= 11 is 0. The maximum absolute atomic E-state index is 14.2. The first-order valence-electron chi connectivity index (χ1n) is 11.0. The van der Waals surface area contributed by atoms with Crippen LogP contribution in [0.5, 0.6) is 5.75 Å². The van der Waals surface area contributed by atoms with Gasteiger partial charge in [-0.15, -0.1) is 0 Å². The first-order valence-corrected chi connectivity index (χ1v) is 11.0. The van der Waals surface area contributed by atoms with Crippen molar-refractivity contribution in [2.75, 3.05) is 52.6 Å². The summed E-state index contributed by atoms with van der Waals surface area (Å²) < 4.78 is 40.3. The number of pyridine rings is 1. The second kappa shape index (κ2) is 10.0. The highest BCUT2D eigenvalue weighted by molar-refractivity contribution is 6.00. The lowest BCUT2D eigenvalue weighted by Gasteiger charge is -2.27. The van der Waals surface area contributed by atoms with Gasteiger partial charge in [-0.05, 0) is 13.0 Å². The molecule has 0 radical (unpaired) electrons. The largest absolute Gasteiger partial charge is 0.486 e. The Hall–Kier alpha value is -3.09. The Morgan fingerprint density at radius 3 is 2.74 bits per heavy atom. The van der Waals surface area contributed by atoms with Gasteiger partial charge in [0.05, 0.1) is 36.8 Å². The number of carbonyl (C=O) groups excluding carboxylic acids is 2. The van der Waals surface area contributed by atoms with Gasteiger partial charge in [-0.3, -0.25) is 19.3 Å². The van der Waals surface area contributed by atoms with Crippen LogP contribution in [-0.2, 0) is 9.53 Å². The molecule has 4 rings (SSSR count). The molecule has 1 aromatic heterocycles. The van der Waals surface area contributed by atoms with Gasteiger partial charge in [0.15, 0.2) is 11.6 Å². The highest BCUT2D eigenvalue weighted by Crippen LogP contribution is 2.35. The minimum Gasteiger partial charge on any atom is -0.486 e. The number of ether oxygens (including phenoxy) is 2. The second-order valence-corrected chi connectivity index (χ2v) is 8.29. The number of aromatic nitrogens is 1. The predicted molar refractivity (Wildman–Crippen MR) is 117 cm³/mol. The molecule has 2 amide bonds. The highest BCUT2D eigenvalue weighted by Gasteiger charge is 2.29. The SMILES string of the molecule is CC1COc2c(F)c(F)cc3c(=O)c(C(=O)N[C@@H](CO)C(=O)NCCN4CCOCC4)cn1c23. The number of hydrogen-bond donors (Lipinski definition) is 3. The van der Waals surface area contributed by atoms with Gasteiger partial charge < -0.3 is 29.8 Å². The number of carbonyl (C=O) groups is 2. The Kier molecular flexibility index (Phi) is 7.10. The third-order valence-electron chi connectivity index (χ3n) is 5.99. The molecule has 2 aliphatic heterocycles. The van der Waals surface area contributed by atoms with E-state index in [2.05, 4.69) is 15.5 Å². The number of nitrogens with one attached hydrogen (secondary N) is 2. The number of nitrogens with zero attached hydrogens (tertiary/aromatic N) is 2. The van der Waals surface area contributed by atoms with E-state index in [0.29, 0.717) is 26.3 Å². The van der Waals surface area contributed by atoms with Gasteiger partial charge in [0, 0.05) is 32.4 Å². The lowest BCUT2D eigenvalue weighted by Crippen LogP contribution is -2.51. The summed E-state index contributed by atoms with van der Waals surface area (Å²) in [7, 11) is 0. The van der Waals surface area contributed by atoms with Gasteiger partial charge in [-0.1, -0.05) is 0 Å². The van der Waals surface area contributed by atoms with Gasteiger partial charge in [0.25, 0.3) is 5.91 Å². The first-order chi connectivity index (χ1) is 16.3. The molecule has 2 aliphatic rings. The van der Waals surface area contributed by atoms with Crippen molar-refractivity contribution in [1.82, 2.24) is 20.1 Å². The molecule has 3 N–H and O–H groups in total. The van der Waals surface area contributed by atoms with Crippen molar-refractivity contribution in [3.63, 3.8) is 0 Å². The van der Waals surface area contributed by atoms with E-state index in [0.717, 1.165) is 19.2 Å². The highest BCUT2D eigenvalue weighted by atomic mass is 19.2.